The van der Waals surface area contributed by atoms with Gasteiger partial charge in [-0.05, 0) is 42.8 Å². The highest BCUT2D eigenvalue weighted by molar-refractivity contribution is 6.06. The van der Waals surface area contributed by atoms with Gasteiger partial charge in [-0.2, -0.15) is 5.10 Å². The molecule has 2 aromatic carbocycles. The maximum absolute atomic E-state index is 12.2. The fraction of sp³-hybridized carbons (Fsp3) is 0.0625. The third-order valence-corrected chi connectivity index (χ3v) is 3.20. The molecule has 0 bridgehead atoms. The molecule has 3 aromatic rings. The molecule has 0 unspecified atom stereocenters. The topological polar surface area (TPSA) is 74.8 Å². The van der Waals surface area contributed by atoms with E-state index in [1.54, 1.807) is 18.2 Å². The normalized spacial score (nSPS) is 10.5. The lowest BCUT2D eigenvalue weighted by Crippen LogP contribution is -2.13. The van der Waals surface area contributed by atoms with E-state index in [1.165, 1.54) is 6.20 Å². The molecular weight excluding hydrogens is 266 g/mol. The minimum atomic E-state index is -0.266. The Morgan fingerprint density at radius 3 is 2.86 bits per heavy atom. The zero-order chi connectivity index (χ0) is 14.8. The van der Waals surface area contributed by atoms with Crippen molar-refractivity contribution in [3.63, 3.8) is 0 Å². The average Bonchev–Trinajstić information content (AvgIpc) is 2.47. The average molecular weight is 279 g/mol. The summed E-state index contributed by atoms with van der Waals surface area (Å²) in [5.41, 5.74) is 2.03. The van der Waals surface area contributed by atoms with Crippen molar-refractivity contribution in [3.8, 4) is 0 Å². The molecule has 0 atom stereocenters. The number of nitrogens with one attached hydrogen (secondary N) is 2. The van der Waals surface area contributed by atoms with Gasteiger partial charge in [-0.1, -0.05) is 12.1 Å². The van der Waals surface area contributed by atoms with Gasteiger partial charge in [0.05, 0.1) is 11.6 Å². The largest absolute Gasteiger partial charge is 0.322 e. The Morgan fingerprint density at radius 2 is 2.05 bits per heavy atom. The van der Waals surface area contributed by atoms with Gasteiger partial charge in [-0.15, -0.1) is 0 Å². The quantitative estimate of drug-likeness (QED) is 0.756. The minimum Gasteiger partial charge on any atom is -0.322 e. The van der Waals surface area contributed by atoms with Crippen LogP contribution in [-0.4, -0.2) is 16.1 Å². The second kappa shape index (κ2) is 5.20. The molecule has 0 spiro atoms. The smallest absolute Gasteiger partial charge is 0.272 e. The second-order valence-electron chi connectivity index (χ2n) is 4.82. The molecule has 1 aromatic heterocycles. The van der Waals surface area contributed by atoms with E-state index in [9.17, 15) is 9.59 Å². The highest BCUT2D eigenvalue weighted by Gasteiger charge is 2.08. The van der Waals surface area contributed by atoms with E-state index in [4.69, 9.17) is 0 Å². The first kappa shape index (κ1) is 13.1. The van der Waals surface area contributed by atoms with Crippen LogP contribution in [-0.2, 0) is 0 Å². The third-order valence-electron chi connectivity index (χ3n) is 3.20. The van der Waals surface area contributed by atoms with Crippen LogP contribution < -0.4 is 10.9 Å². The number of carbonyl (C=O) groups excluding carboxylic acids is 1. The first-order valence-electron chi connectivity index (χ1n) is 6.49. The summed E-state index contributed by atoms with van der Waals surface area (Å²) in [6, 6.07) is 12.5. The van der Waals surface area contributed by atoms with Crippen LogP contribution in [0, 0.1) is 6.92 Å². The molecule has 2 N–H and O–H groups in total. The number of hydrogen-bond acceptors (Lipinski definition) is 3. The fourth-order valence-electron chi connectivity index (χ4n) is 2.16. The van der Waals surface area contributed by atoms with Gasteiger partial charge in [-0.3, -0.25) is 9.59 Å². The van der Waals surface area contributed by atoms with Gasteiger partial charge in [0.1, 0.15) is 0 Å². The van der Waals surface area contributed by atoms with Crippen LogP contribution in [0.3, 0.4) is 0 Å². The first-order valence-corrected chi connectivity index (χ1v) is 6.49. The Bertz CT molecular complexity index is 884. The molecule has 3 rings (SSSR count). The number of benzene rings is 2. The number of hydrogen-bond donors (Lipinski definition) is 2. The lowest BCUT2D eigenvalue weighted by atomic mass is 10.1. The summed E-state index contributed by atoms with van der Waals surface area (Å²) in [5.74, 6) is -0.220. The van der Waals surface area contributed by atoms with Crippen LogP contribution in [0.25, 0.3) is 10.8 Å². The Labute approximate surface area is 120 Å². The van der Waals surface area contributed by atoms with Crippen molar-refractivity contribution >= 4 is 22.4 Å². The Morgan fingerprint density at radius 1 is 1.19 bits per heavy atom. The maximum atomic E-state index is 12.2. The van der Waals surface area contributed by atoms with Gasteiger partial charge in [0.15, 0.2) is 0 Å². The van der Waals surface area contributed by atoms with Gasteiger partial charge in [0.2, 0.25) is 0 Å². The van der Waals surface area contributed by atoms with Gasteiger partial charge in [-0.25, -0.2) is 5.10 Å². The molecule has 1 amide bonds. The summed E-state index contributed by atoms with van der Waals surface area (Å²) < 4.78 is 0. The molecule has 104 valence electrons. The van der Waals surface area contributed by atoms with E-state index >= 15 is 0 Å². The van der Waals surface area contributed by atoms with Crippen LogP contribution >= 0.6 is 0 Å². The number of aromatic amines is 1. The van der Waals surface area contributed by atoms with Crippen molar-refractivity contribution in [2.24, 2.45) is 0 Å². The lowest BCUT2D eigenvalue weighted by Gasteiger charge is -2.06. The zero-order valence-corrected chi connectivity index (χ0v) is 11.4. The first-order chi connectivity index (χ1) is 10.1. The summed E-state index contributed by atoms with van der Waals surface area (Å²) >= 11 is 0. The molecule has 0 saturated carbocycles. The second-order valence-corrected chi connectivity index (χ2v) is 4.82. The Hall–Kier alpha value is -2.95. The number of fused-ring (bicyclic) bond motifs is 1. The predicted molar refractivity (Wildman–Crippen MR) is 81.5 cm³/mol. The Kier molecular flexibility index (Phi) is 3.23. The van der Waals surface area contributed by atoms with Crippen molar-refractivity contribution in [2.75, 3.05) is 5.32 Å². The van der Waals surface area contributed by atoms with E-state index in [0.29, 0.717) is 16.3 Å². The van der Waals surface area contributed by atoms with Crippen LogP contribution in [0.5, 0.6) is 0 Å². The summed E-state index contributed by atoms with van der Waals surface area (Å²) in [7, 11) is 0. The van der Waals surface area contributed by atoms with Crippen molar-refractivity contribution in [2.45, 2.75) is 6.92 Å². The SMILES string of the molecule is Cc1cccc(NC(=O)c2ccc3c(=O)[nH]ncc3c2)c1. The molecule has 0 radical (unpaired) electrons. The standard InChI is InChI=1S/C16H13N3O2/c1-10-3-2-4-13(7-10)18-15(20)11-5-6-14-12(8-11)9-17-19-16(14)21/h2-9H,1H3,(H,18,20)(H,19,21). The van der Waals surface area contributed by atoms with Crippen LogP contribution in [0.15, 0.2) is 53.5 Å². The molecule has 1 heterocycles. The number of nitrogens with zero attached hydrogens (tertiary/aromatic N) is 1. The highest BCUT2D eigenvalue weighted by Crippen LogP contribution is 2.14. The van der Waals surface area contributed by atoms with E-state index in [0.717, 1.165) is 11.3 Å². The fourth-order valence-corrected chi connectivity index (χ4v) is 2.16. The molecule has 21 heavy (non-hydrogen) atoms. The number of H-pyrrole nitrogens is 1. The maximum Gasteiger partial charge on any atom is 0.272 e. The van der Waals surface area contributed by atoms with Crippen molar-refractivity contribution < 1.29 is 4.79 Å². The summed E-state index contributed by atoms with van der Waals surface area (Å²) in [4.78, 5) is 23.8. The monoisotopic (exact) mass is 279 g/mol. The summed E-state index contributed by atoms with van der Waals surface area (Å²) in [6.07, 6.45) is 1.53. The third kappa shape index (κ3) is 2.67. The molecule has 0 aliphatic heterocycles. The number of amides is 1. The van der Waals surface area contributed by atoms with Gasteiger partial charge < -0.3 is 5.32 Å². The van der Waals surface area contributed by atoms with E-state index in [-0.39, 0.29) is 11.5 Å². The highest BCUT2D eigenvalue weighted by atomic mass is 16.1. The number of aromatic nitrogens is 2. The molecule has 5 nitrogen and oxygen atoms in total. The zero-order valence-electron chi connectivity index (χ0n) is 11.4. The lowest BCUT2D eigenvalue weighted by molar-refractivity contribution is 0.102. The van der Waals surface area contributed by atoms with E-state index in [1.807, 2.05) is 31.2 Å². The number of carbonyl (C=O) groups is 1. The molecule has 5 heteroatoms. The predicted octanol–water partition coefficient (Wildman–Crippen LogP) is 2.48. The molecule has 0 aliphatic rings. The van der Waals surface area contributed by atoms with E-state index < -0.39 is 0 Å². The summed E-state index contributed by atoms with van der Waals surface area (Å²) in [5, 5.41) is 10.1. The van der Waals surface area contributed by atoms with Crippen LogP contribution in [0.4, 0.5) is 5.69 Å². The van der Waals surface area contributed by atoms with Gasteiger partial charge in [0, 0.05) is 16.6 Å². The molecule has 0 aliphatic carbocycles. The molecule has 0 saturated heterocycles. The van der Waals surface area contributed by atoms with Gasteiger partial charge >= 0.3 is 0 Å². The number of rotatable bonds is 2. The molecule has 0 fully saturated rings. The number of anilines is 1. The summed E-state index contributed by atoms with van der Waals surface area (Å²) in [6.45, 7) is 1.96. The molecular formula is C16H13N3O2. The number of aryl methyl sites for hydroxylation is 1. The Balaban J connectivity index is 1.93. The van der Waals surface area contributed by atoms with Crippen LogP contribution in [0.2, 0.25) is 0 Å². The van der Waals surface area contributed by atoms with Crippen molar-refractivity contribution in [1.29, 1.82) is 0 Å². The van der Waals surface area contributed by atoms with Gasteiger partial charge in [0.25, 0.3) is 11.5 Å². The van der Waals surface area contributed by atoms with Crippen molar-refractivity contribution in [3.05, 3.63) is 70.1 Å². The van der Waals surface area contributed by atoms with Crippen molar-refractivity contribution in [1.82, 2.24) is 10.2 Å². The van der Waals surface area contributed by atoms with Crippen LogP contribution in [0.1, 0.15) is 15.9 Å². The minimum absolute atomic E-state index is 0.220. The van der Waals surface area contributed by atoms with E-state index in [2.05, 4.69) is 15.5 Å².